The van der Waals surface area contributed by atoms with Crippen LogP contribution in [-0.2, 0) is 0 Å². The van der Waals surface area contributed by atoms with E-state index >= 15 is 0 Å². The summed E-state index contributed by atoms with van der Waals surface area (Å²) in [6.07, 6.45) is 1.69. The zero-order valence-corrected chi connectivity index (χ0v) is 11.9. The molecular weight excluding hydrogens is 270 g/mol. The van der Waals surface area contributed by atoms with Crippen molar-refractivity contribution in [2.24, 2.45) is 0 Å². The lowest BCUT2D eigenvalue weighted by Crippen LogP contribution is -2.04. The molecule has 0 fully saturated rings. The molecule has 0 aliphatic heterocycles. The van der Waals surface area contributed by atoms with Gasteiger partial charge in [-0.15, -0.1) is 0 Å². The van der Waals surface area contributed by atoms with Gasteiger partial charge in [-0.25, -0.2) is 0 Å². The summed E-state index contributed by atoms with van der Waals surface area (Å²) in [7, 11) is 0. The fraction of sp³-hybridized carbons (Fsp3) is 0. The Morgan fingerprint density at radius 2 is 1.45 bits per heavy atom. The Hall–Kier alpha value is -3.00. The third-order valence-corrected chi connectivity index (χ3v) is 3.90. The molecule has 2 nitrogen and oxygen atoms in total. The number of fused-ring (bicyclic) bond motifs is 2. The van der Waals surface area contributed by atoms with Gasteiger partial charge in [0.1, 0.15) is 5.69 Å². The first kappa shape index (κ1) is 12.7. The molecule has 0 aliphatic carbocycles. The largest absolute Gasteiger partial charge is 0.287 e. The highest BCUT2D eigenvalue weighted by Crippen LogP contribution is 2.22. The molecule has 1 aromatic heterocycles. The Balaban J connectivity index is 1.88. The van der Waals surface area contributed by atoms with E-state index in [4.69, 9.17) is 0 Å². The summed E-state index contributed by atoms with van der Waals surface area (Å²) in [6.45, 7) is 0. The number of benzene rings is 3. The third kappa shape index (κ3) is 2.06. The summed E-state index contributed by atoms with van der Waals surface area (Å²) >= 11 is 0. The number of ketones is 1. The monoisotopic (exact) mass is 283 g/mol. The Labute approximate surface area is 128 Å². The van der Waals surface area contributed by atoms with Crippen LogP contribution in [0.5, 0.6) is 0 Å². The van der Waals surface area contributed by atoms with Gasteiger partial charge in [0.25, 0.3) is 0 Å². The lowest BCUT2D eigenvalue weighted by Gasteiger charge is -2.06. The average Bonchev–Trinajstić information content (AvgIpc) is 2.60. The Morgan fingerprint density at radius 1 is 0.727 bits per heavy atom. The van der Waals surface area contributed by atoms with Crippen LogP contribution in [0.25, 0.3) is 21.5 Å². The van der Waals surface area contributed by atoms with Gasteiger partial charge in [0.15, 0.2) is 0 Å². The van der Waals surface area contributed by atoms with E-state index in [0.717, 1.165) is 21.5 Å². The number of nitrogens with zero attached hydrogens (tertiary/aromatic N) is 1. The van der Waals surface area contributed by atoms with Crippen LogP contribution in [0.4, 0.5) is 0 Å². The number of hydrogen-bond acceptors (Lipinski definition) is 2. The van der Waals surface area contributed by atoms with E-state index in [1.165, 1.54) is 0 Å². The van der Waals surface area contributed by atoms with Crippen LogP contribution in [0.15, 0.2) is 79.0 Å². The normalized spacial score (nSPS) is 10.9. The second-order valence-electron chi connectivity index (χ2n) is 5.27. The van der Waals surface area contributed by atoms with E-state index in [9.17, 15) is 4.79 Å². The molecule has 0 radical (unpaired) electrons. The molecule has 104 valence electrons. The fourth-order valence-corrected chi connectivity index (χ4v) is 2.77. The fourth-order valence-electron chi connectivity index (χ4n) is 2.77. The van der Waals surface area contributed by atoms with Crippen molar-refractivity contribution in [2.45, 2.75) is 0 Å². The quantitative estimate of drug-likeness (QED) is 0.502. The first-order valence-electron chi connectivity index (χ1n) is 7.20. The number of rotatable bonds is 2. The van der Waals surface area contributed by atoms with Crippen LogP contribution in [0.1, 0.15) is 16.1 Å². The molecule has 0 bridgehead atoms. The molecule has 4 aromatic rings. The van der Waals surface area contributed by atoms with Crippen LogP contribution < -0.4 is 0 Å². The predicted octanol–water partition coefficient (Wildman–Crippen LogP) is 4.62. The smallest absolute Gasteiger partial charge is 0.211 e. The molecule has 0 atom stereocenters. The Kier molecular flexibility index (Phi) is 2.94. The molecule has 2 heteroatoms. The van der Waals surface area contributed by atoms with E-state index in [0.29, 0.717) is 11.3 Å². The van der Waals surface area contributed by atoms with Gasteiger partial charge in [0, 0.05) is 17.1 Å². The minimum atomic E-state index is -0.0393. The lowest BCUT2D eigenvalue weighted by molar-refractivity contribution is 0.103. The van der Waals surface area contributed by atoms with Gasteiger partial charge in [0.2, 0.25) is 5.78 Å². The van der Waals surface area contributed by atoms with Gasteiger partial charge in [-0.05, 0) is 28.3 Å². The van der Waals surface area contributed by atoms with Crippen molar-refractivity contribution in [3.63, 3.8) is 0 Å². The van der Waals surface area contributed by atoms with Gasteiger partial charge in [-0.1, -0.05) is 60.7 Å². The molecular formula is C20H13NO. The SMILES string of the molecule is O=C(c1ccc2ccccc2c1)c1nccc2ccccc12. The van der Waals surface area contributed by atoms with Gasteiger partial charge < -0.3 is 0 Å². The molecule has 0 N–H and O–H groups in total. The second-order valence-corrected chi connectivity index (χ2v) is 5.27. The van der Waals surface area contributed by atoms with Crippen molar-refractivity contribution in [3.05, 3.63) is 90.3 Å². The summed E-state index contributed by atoms with van der Waals surface area (Å²) in [5, 5.41) is 4.11. The van der Waals surface area contributed by atoms with E-state index in [1.54, 1.807) is 6.20 Å². The molecule has 0 saturated carbocycles. The highest BCUT2D eigenvalue weighted by molar-refractivity contribution is 6.15. The summed E-state index contributed by atoms with van der Waals surface area (Å²) in [5.74, 6) is -0.0393. The van der Waals surface area contributed by atoms with E-state index in [1.807, 2.05) is 72.8 Å². The van der Waals surface area contributed by atoms with Crippen LogP contribution >= 0.6 is 0 Å². The van der Waals surface area contributed by atoms with Crippen molar-refractivity contribution in [3.8, 4) is 0 Å². The first-order chi connectivity index (χ1) is 10.8. The third-order valence-electron chi connectivity index (χ3n) is 3.90. The molecule has 0 aliphatic rings. The minimum absolute atomic E-state index is 0.0393. The Bertz CT molecular complexity index is 999. The van der Waals surface area contributed by atoms with Gasteiger partial charge in [-0.3, -0.25) is 9.78 Å². The van der Waals surface area contributed by atoms with Crippen LogP contribution in [0.3, 0.4) is 0 Å². The number of aromatic nitrogens is 1. The molecule has 3 aromatic carbocycles. The van der Waals surface area contributed by atoms with Crippen molar-refractivity contribution < 1.29 is 4.79 Å². The number of hydrogen-bond donors (Lipinski definition) is 0. The highest BCUT2D eigenvalue weighted by Gasteiger charge is 2.14. The standard InChI is InChI=1S/C20H13NO/c22-20(17-10-9-14-5-1-2-7-16(14)13-17)19-18-8-4-3-6-15(18)11-12-21-19/h1-13H. The molecule has 0 amide bonds. The van der Waals surface area contributed by atoms with Crippen molar-refractivity contribution in [1.82, 2.24) is 4.98 Å². The summed E-state index contributed by atoms with van der Waals surface area (Å²) in [6, 6.07) is 23.6. The second kappa shape index (κ2) is 5.08. The summed E-state index contributed by atoms with van der Waals surface area (Å²) < 4.78 is 0. The molecule has 22 heavy (non-hydrogen) atoms. The van der Waals surface area contributed by atoms with Gasteiger partial charge in [-0.2, -0.15) is 0 Å². The Morgan fingerprint density at radius 3 is 2.32 bits per heavy atom. The maximum absolute atomic E-state index is 12.8. The zero-order chi connectivity index (χ0) is 14.9. The predicted molar refractivity (Wildman–Crippen MR) is 89.1 cm³/mol. The number of carbonyl (C=O) groups is 1. The first-order valence-corrected chi connectivity index (χ1v) is 7.20. The molecule has 0 unspecified atom stereocenters. The molecule has 4 rings (SSSR count). The molecule has 1 heterocycles. The van der Waals surface area contributed by atoms with Crippen LogP contribution in [0, 0.1) is 0 Å². The summed E-state index contributed by atoms with van der Waals surface area (Å²) in [5.41, 5.74) is 1.18. The number of carbonyl (C=O) groups excluding carboxylic acids is 1. The highest BCUT2D eigenvalue weighted by atomic mass is 16.1. The number of pyridine rings is 1. The maximum atomic E-state index is 12.8. The zero-order valence-electron chi connectivity index (χ0n) is 11.9. The topological polar surface area (TPSA) is 30.0 Å². The van der Waals surface area contributed by atoms with E-state index in [-0.39, 0.29) is 5.78 Å². The van der Waals surface area contributed by atoms with Gasteiger partial charge in [0.05, 0.1) is 0 Å². The van der Waals surface area contributed by atoms with Crippen LogP contribution in [-0.4, -0.2) is 10.8 Å². The average molecular weight is 283 g/mol. The van der Waals surface area contributed by atoms with Gasteiger partial charge >= 0.3 is 0 Å². The van der Waals surface area contributed by atoms with Crippen LogP contribution in [0.2, 0.25) is 0 Å². The van der Waals surface area contributed by atoms with E-state index < -0.39 is 0 Å². The minimum Gasteiger partial charge on any atom is -0.287 e. The maximum Gasteiger partial charge on any atom is 0.211 e. The van der Waals surface area contributed by atoms with Crippen molar-refractivity contribution in [1.29, 1.82) is 0 Å². The summed E-state index contributed by atoms with van der Waals surface area (Å²) in [4.78, 5) is 17.2. The van der Waals surface area contributed by atoms with Crippen molar-refractivity contribution in [2.75, 3.05) is 0 Å². The van der Waals surface area contributed by atoms with E-state index in [2.05, 4.69) is 4.98 Å². The molecule has 0 spiro atoms. The molecule has 0 saturated heterocycles. The lowest BCUT2D eigenvalue weighted by atomic mass is 10.00. The van der Waals surface area contributed by atoms with Crippen molar-refractivity contribution >= 4 is 27.3 Å².